The number of aromatic nitrogens is 1. The summed E-state index contributed by atoms with van der Waals surface area (Å²) in [5.41, 5.74) is 1.87. The van der Waals surface area contributed by atoms with E-state index in [2.05, 4.69) is 15.6 Å². The molecule has 28 heavy (non-hydrogen) atoms. The number of ether oxygens (including phenoxy) is 1. The maximum Gasteiger partial charge on any atom is 0.257 e. The number of nitrogens with zero attached hydrogens (tertiary/aromatic N) is 2. The van der Waals surface area contributed by atoms with Crippen LogP contribution >= 0.6 is 0 Å². The zero-order valence-corrected chi connectivity index (χ0v) is 15.0. The number of carbonyl (C=O) groups is 2. The van der Waals surface area contributed by atoms with Crippen LogP contribution in [0.2, 0.25) is 0 Å². The Hall–Kier alpha value is -4.18. The van der Waals surface area contributed by atoms with E-state index in [4.69, 9.17) is 10.00 Å². The number of para-hydroxylation sites is 2. The molecule has 2 amide bonds. The van der Waals surface area contributed by atoms with E-state index in [0.29, 0.717) is 22.7 Å². The molecule has 0 aliphatic carbocycles. The first kappa shape index (κ1) is 18.6. The van der Waals surface area contributed by atoms with Gasteiger partial charge in [-0.15, -0.1) is 0 Å². The largest absolute Gasteiger partial charge is 0.495 e. The van der Waals surface area contributed by atoms with Gasteiger partial charge in [0.05, 0.1) is 35.6 Å². The van der Waals surface area contributed by atoms with Crippen LogP contribution in [-0.2, 0) is 0 Å². The number of hydrogen-bond donors (Lipinski definition) is 2. The normalized spacial score (nSPS) is 9.86. The van der Waals surface area contributed by atoms with Crippen molar-refractivity contribution in [2.75, 3.05) is 17.7 Å². The first-order valence-corrected chi connectivity index (χ1v) is 8.31. The molecule has 0 bridgehead atoms. The number of pyridine rings is 1. The van der Waals surface area contributed by atoms with Gasteiger partial charge < -0.3 is 15.4 Å². The number of nitrogens with one attached hydrogen (secondary N) is 2. The fourth-order valence-corrected chi connectivity index (χ4v) is 2.50. The smallest absolute Gasteiger partial charge is 0.257 e. The van der Waals surface area contributed by atoms with Crippen LogP contribution in [0.15, 0.2) is 67.0 Å². The van der Waals surface area contributed by atoms with Gasteiger partial charge in [-0.3, -0.25) is 14.6 Å². The molecule has 0 radical (unpaired) electrons. The third-order valence-corrected chi connectivity index (χ3v) is 3.87. The van der Waals surface area contributed by atoms with Crippen molar-refractivity contribution in [3.63, 3.8) is 0 Å². The molecular weight excluding hydrogens is 356 g/mol. The minimum atomic E-state index is -0.436. The number of nitriles is 1. The summed E-state index contributed by atoms with van der Waals surface area (Å²) in [5.74, 6) is -0.331. The summed E-state index contributed by atoms with van der Waals surface area (Å²) in [6.07, 6.45) is 2.74. The molecule has 0 atom stereocenters. The molecule has 138 valence electrons. The van der Waals surface area contributed by atoms with Gasteiger partial charge in [-0.05, 0) is 36.4 Å². The topological polar surface area (TPSA) is 104 Å². The van der Waals surface area contributed by atoms with Gasteiger partial charge in [-0.1, -0.05) is 18.2 Å². The van der Waals surface area contributed by atoms with E-state index in [1.807, 2.05) is 6.07 Å². The summed E-state index contributed by atoms with van der Waals surface area (Å²) < 4.78 is 5.21. The van der Waals surface area contributed by atoms with Crippen molar-refractivity contribution in [2.45, 2.75) is 0 Å². The molecule has 0 spiro atoms. The van der Waals surface area contributed by atoms with Crippen LogP contribution < -0.4 is 15.4 Å². The van der Waals surface area contributed by atoms with Crippen LogP contribution in [0.4, 0.5) is 11.4 Å². The van der Waals surface area contributed by atoms with E-state index < -0.39 is 11.8 Å². The highest BCUT2D eigenvalue weighted by Gasteiger charge is 2.13. The lowest BCUT2D eigenvalue weighted by Gasteiger charge is -2.10. The highest BCUT2D eigenvalue weighted by atomic mass is 16.5. The minimum absolute atomic E-state index is 0.218. The Labute approximate surface area is 161 Å². The molecule has 0 aliphatic rings. The number of benzene rings is 2. The van der Waals surface area contributed by atoms with Gasteiger partial charge in [0, 0.05) is 18.1 Å². The Balaban J connectivity index is 1.76. The number of hydrogen-bond acceptors (Lipinski definition) is 5. The predicted molar refractivity (Wildman–Crippen MR) is 104 cm³/mol. The Morgan fingerprint density at radius 2 is 1.68 bits per heavy atom. The monoisotopic (exact) mass is 372 g/mol. The van der Waals surface area contributed by atoms with Gasteiger partial charge in [0.1, 0.15) is 5.75 Å². The van der Waals surface area contributed by atoms with E-state index in [0.717, 1.165) is 0 Å². The molecule has 2 aromatic carbocycles. The van der Waals surface area contributed by atoms with Gasteiger partial charge in [0.15, 0.2) is 0 Å². The van der Waals surface area contributed by atoms with Crippen LogP contribution in [-0.4, -0.2) is 23.9 Å². The summed E-state index contributed by atoms with van der Waals surface area (Å²) in [7, 11) is 1.51. The third kappa shape index (κ3) is 4.31. The van der Waals surface area contributed by atoms with Crippen LogP contribution in [0, 0.1) is 11.3 Å². The van der Waals surface area contributed by atoms with Crippen molar-refractivity contribution in [3.8, 4) is 11.8 Å². The van der Waals surface area contributed by atoms with Crippen LogP contribution in [0.3, 0.4) is 0 Å². The molecule has 0 unspecified atom stereocenters. The molecule has 3 aromatic rings. The van der Waals surface area contributed by atoms with Gasteiger partial charge in [0.2, 0.25) is 0 Å². The van der Waals surface area contributed by atoms with E-state index >= 15 is 0 Å². The van der Waals surface area contributed by atoms with Gasteiger partial charge in [-0.2, -0.15) is 5.26 Å². The number of methoxy groups -OCH3 is 1. The molecule has 7 nitrogen and oxygen atoms in total. The molecule has 3 rings (SSSR count). The first-order chi connectivity index (χ1) is 13.6. The van der Waals surface area contributed by atoms with E-state index in [1.54, 1.807) is 48.5 Å². The highest BCUT2D eigenvalue weighted by Crippen LogP contribution is 2.23. The number of anilines is 2. The Morgan fingerprint density at radius 3 is 2.39 bits per heavy atom. The molecule has 1 aromatic heterocycles. The third-order valence-electron chi connectivity index (χ3n) is 3.87. The zero-order valence-electron chi connectivity index (χ0n) is 15.0. The molecule has 0 aliphatic heterocycles. The Bertz CT molecular complexity index is 1070. The second-order valence-corrected chi connectivity index (χ2v) is 5.76. The second kappa shape index (κ2) is 8.47. The summed E-state index contributed by atoms with van der Waals surface area (Å²) in [6.45, 7) is 0. The summed E-state index contributed by atoms with van der Waals surface area (Å²) >= 11 is 0. The fraction of sp³-hybridized carbons (Fsp3) is 0.0476. The van der Waals surface area contributed by atoms with Crippen molar-refractivity contribution < 1.29 is 14.3 Å². The predicted octanol–water partition coefficient (Wildman–Crippen LogP) is 3.47. The first-order valence-electron chi connectivity index (χ1n) is 8.31. The van der Waals surface area contributed by atoms with Crippen molar-refractivity contribution in [1.29, 1.82) is 5.26 Å². The quantitative estimate of drug-likeness (QED) is 0.714. The zero-order chi connectivity index (χ0) is 19.9. The van der Waals surface area contributed by atoms with Gasteiger partial charge in [0.25, 0.3) is 11.8 Å². The lowest BCUT2D eigenvalue weighted by molar-refractivity contribution is 0.102. The number of amides is 2. The average Bonchev–Trinajstić information content (AvgIpc) is 2.74. The SMILES string of the molecule is COc1ccccc1NC(=O)c1cncc(C(=O)Nc2cccc(C#N)c2)c1. The van der Waals surface area contributed by atoms with E-state index in [-0.39, 0.29) is 11.1 Å². The summed E-state index contributed by atoms with van der Waals surface area (Å²) in [6, 6.07) is 17.0. The van der Waals surface area contributed by atoms with Gasteiger partial charge in [-0.25, -0.2) is 0 Å². The average molecular weight is 372 g/mol. The standard InChI is InChI=1S/C21H16N4O3/c1-28-19-8-3-2-7-18(19)25-21(27)16-10-15(12-23-13-16)20(26)24-17-6-4-5-14(9-17)11-22/h2-10,12-13H,1H3,(H,24,26)(H,25,27). The van der Waals surface area contributed by atoms with Crippen LogP contribution in [0.25, 0.3) is 0 Å². The fourth-order valence-electron chi connectivity index (χ4n) is 2.50. The van der Waals surface area contributed by atoms with E-state index in [9.17, 15) is 9.59 Å². The molecule has 2 N–H and O–H groups in total. The van der Waals surface area contributed by atoms with Gasteiger partial charge >= 0.3 is 0 Å². The highest BCUT2D eigenvalue weighted by molar-refractivity contribution is 6.08. The maximum absolute atomic E-state index is 12.5. The Morgan fingerprint density at radius 1 is 0.964 bits per heavy atom. The summed E-state index contributed by atoms with van der Waals surface area (Å²) in [5, 5.41) is 14.4. The van der Waals surface area contributed by atoms with E-state index in [1.165, 1.54) is 25.6 Å². The van der Waals surface area contributed by atoms with Crippen molar-refractivity contribution in [3.05, 3.63) is 83.7 Å². The molecular formula is C21H16N4O3. The molecule has 0 saturated heterocycles. The molecule has 0 saturated carbocycles. The number of rotatable bonds is 5. The van der Waals surface area contributed by atoms with Crippen LogP contribution in [0.1, 0.15) is 26.3 Å². The second-order valence-electron chi connectivity index (χ2n) is 5.76. The lowest BCUT2D eigenvalue weighted by Crippen LogP contribution is -2.16. The molecule has 7 heteroatoms. The maximum atomic E-state index is 12.5. The lowest BCUT2D eigenvalue weighted by atomic mass is 10.1. The number of carbonyl (C=O) groups excluding carboxylic acids is 2. The van der Waals surface area contributed by atoms with Crippen LogP contribution in [0.5, 0.6) is 5.75 Å². The molecule has 1 heterocycles. The Kier molecular flexibility index (Phi) is 5.63. The summed E-state index contributed by atoms with van der Waals surface area (Å²) in [4.78, 5) is 29.0. The van der Waals surface area contributed by atoms with Crippen molar-refractivity contribution >= 4 is 23.2 Å². The molecule has 0 fully saturated rings. The van der Waals surface area contributed by atoms with Crippen molar-refractivity contribution in [2.24, 2.45) is 0 Å². The van der Waals surface area contributed by atoms with Crippen molar-refractivity contribution in [1.82, 2.24) is 4.98 Å². The minimum Gasteiger partial charge on any atom is -0.495 e.